The molecule has 0 amide bonds. The Morgan fingerprint density at radius 2 is 1.67 bits per heavy atom. The molecule has 0 aliphatic heterocycles. The van der Waals surface area contributed by atoms with Crippen LogP contribution < -0.4 is 11.5 Å². The van der Waals surface area contributed by atoms with Crippen molar-refractivity contribution in [1.82, 2.24) is 4.98 Å². The molecule has 0 unspecified atom stereocenters. The minimum absolute atomic E-state index is 0.0502. The monoisotopic (exact) mass is 576 g/mol. The average Bonchev–Trinajstić information content (AvgIpc) is 3.49. The van der Waals surface area contributed by atoms with E-state index < -0.39 is 12.0 Å². The van der Waals surface area contributed by atoms with Crippen LogP contribution in [-0.4, -0.2) is 57.5 Å². The second kappa shape index (κ2) is 17.9. The van der Waals surface area contributed by atoms with Crippen LogP contribution >= 0.6 is 0 Å². The highest BCUT2D eigenvalue weighted by atomic mass is 16.4. The predicted molar refractivity (Wildman–Crippen MR) is 170 cm³/mol. The molecule has 3 aromatic rings. The van der Waals surface area contributed by atoms with Gasteiger partial charge in [0.1, 0.15) is 0 Å². The fourth-order valence-electron chi connectivity index (χ4n) is 5.38. The van der Waals surface area contributed by atoms with E-state index in [-0.39, 0.29) is 31.1 Å². The molecule has 0 bridgehead atoms. The van der Waals surface area contributed by atoms with Crippen molar-refractivity contribution in [3.63, 3.8) is 0 Å². The van der Waals surface area contributed by atoms with Crippen molar-refractivity contribution < 1.29 is 20.1 Å². The Morgan fingerprint density at radius 3 is 2.38 bits per heavy atom. The number of unbranched alkanes of at least 4 members (excludes halogenated alkanes) is 3. The summed E-state index contributed by atoms with van der Waals surface area (Å²) in [7, 11) is 0. The first-order valence-electron chi connectivity index (χ1n) is 15.0. The van der Waals surface area contributed by atoms with E-state index in [0.29, 0.717) is 17.8 Å². The smallest absolute Gasteiger partial charge is 0.328 e. The fourth-order valence-corrected chi connectivity index (χ4v) is 5.38. The number of aliphatic hydroxyl groups is 2. The Bertz CT molecular complexity index is 1270. The maximum Gasteiger partial charge on any atom is 0.328 e. The number of carbonyl (C=O) groups is 1. The number of hydrogen-bond donors (Lipinski definition) is 6. The number of aromatic nitrogens is 1. The molecule has 3 rings (SSSR count). The summed E-state index contributed by atoms with van der Waals surface area (Å²) in [5.74, 6) is -0.322. The van der Waals surface area contributed by atoms with Crippen molar-refractivity contribution in [2.75, 3.05) is 13.2 Å². The zero-order valence-corrected chi connectivity index (χ0v) is 24.4. The number of nitrogens with one attached hydrogen (secondary N) is 1. The zero-order chi connectivity index (χ0) is 30.2. The first-order chi connectivity index (χ1) is 20.4. The largest absolute Gasteiger partial charge is 0.478 e. The van der Waals surface area contributed by atoms with Crippen molar-refractivity contribution in [3.8, 4) is 0 Å². The molecule has 1 aromatic heterocycles. The molecule has 0 aliphatic carbocycles. The van der Waals surface area contributed by atoms with Gasteiger partial charge in [-0.3, -0.25) is 0 Å². The van der Waals surface area contributed by atoms with Gasteiger partial charge >= 0.3 is 5.97 Å². The highest BCUT2D eigenvalue weighted by Crippen LogP contribution is 2.34. The molecule has 0 spiro atoms. The molecular weight excluding hydrogens is 530 g/mol. The SMILES string of the molecule is NC(N)=NC/C(=C\C(=O)O)[C@H](CC[C@H](CCC[C@H](O)CCCCCCO)c1ccc2ccccc2c1)[N-]c1ccc[nH]1. The van der Waals surface area contributed by atoms with Crippen LogP contribution in [0.2, 0.25) is 0 Å². The van der Waals surface area contributed by atoms with Gasteiger partial charge in [0.15, 0.2) is 5.96 Å². The van der Waals surface area contributed by atoms with Crippen molar-refractivity contribution in [3.05, 3.63) is 83.3 Å². The Hall–Kier alpha value is -3.82. The van der Waals surface area contributed by atoms with Gasteiger partial charge in [-0.1, -0.05) is 92.3 Å². The lowest BCUT2D eigenvalue weighted by atomic mass is 9.85. The summed E-state index contributed by atoms with van der Waals surface area (Å²) in [6.45, 7) is 0.272. The van der Waals surface area contributed by atoms with Crippen molar-refractivity contribution in [2.45, 2.75) is 82.3 Å². The van der Waals surface area contributed by atoms with Gasteiger partial charge in [0.2, 0.25) is 0 Å². The number of carboxylic acid groups (broad SMARTS) is 1. The number of rotatable bonds is 20. The van der Waals surface area contributed by atoms with Crippen LogP contribution in [0, 0.1) is 0 Å². The van der Waals surface area contributed by atoms with Crippen molar-refractivity contribution in [1.29, 1.82) is 0 Å². The summed E-state index contributed by atoms with van der Waals surface area (Å²) in [5.41, 5.74) is 12.9. The number of carboxylic acids is 1. The molecule has 9 heteroatoms. The zero-order valence-electron chi connectivity index (χ0n) is 24.4. The Kier molecular flexibility index (Phi) is 13.9. The number of aliphatic hydroxyl groups excluding tert-OH is 2. The number of aliphatic carboxylic acids is 1. The van der Waals surface area contributed by atoms with E-state index in [9.17, 15) is 15.0 Å². The molecule has 0 radical (unpaired) electrons. The molecule has 0 saturated heterocycles. The van der Waals surface area contributed by atoms with Gasteiger partial charge in [-0.05, 0) is 72.4 Å². The minimum Gasteiger partial charge on any atom is -0.478 e. The van der Waals surface area contributed by atoms with E-state index >= 15 is 0 Å². The average molecular weight is 577 g/mol. The van der Waals surface area contributed by atoms with E-state index in [1.54, 1.807) is 6.20 Å². The lowest BCUT2D eigenvalue weighted by molar-refractivity contribution is -0.131. The van der Waals surface area contributed by atoms with Crippen LogP contribution in [-0.2, 0) is 4.79 Å². The summed E-state index contributed by atoms with van der Waals surface area (Å²) in [6.07, 6.45) is 11.0. The standard InChI is InChI=1S/C33H46N5O4/c34-33(35)37-23-28(22-32(41)42)30(38-31-14-8-19-36-31)18-17-25(11-7-13-29(40)12-3-1-2-6-20-39)27-16-15-24-9-4-5-10-26(24)21-27/h4-5,8-10,14-16,19,21-22,25,29-30,36,39-40H,1-3,6-7,11-13,17-18,20,23H2,(H,41,42)(H4,34,35,37)/q-1/b28-22+/t25-,29+,30-/m0/s1. The summed E-state index contributed by atoms with van der Waals surface area (Å²) < 4.78 is 0. The Labute approximate surface area is 248 Å². The van der Waals surface area contributed by atoms with E-state index in [4.69, 9.17) is 21.9 Å². The third-order valence-corrected chi connectivity index (χ3v) is 7.63. The van der Waals surface area contributed by atoms with Gasteiger partial charge < -0.3 is 37.1 Å². The summed E-state index contributed by atoms with van der Waals surface area (Å²) in [6, 6.07) is 18.1. The minimum atomic E-state index is -1.07. The van der Waals surface area contributed by atoms with Gasteiger partial charge in [-0.15, -0.1) is 0 Å². The molecule has 2 aromatic carbocycles. The Morgan fingerprint density at radius 1 is 0.905 bits per heavy atom. The number of nitrogens with two attached hydrogens (primary N) is 2. The lowest BCUT2D eigenvalue weighted by Crippen LogP contribution is -2.24. The lowest BCUT2D eigenvalue weighted by Gasteiger charge is -2.29. The number of benzene rings is 2. The maximum absolute atomic E-state index is 11.7. The second-order valence-corrected chi connectivity index (χ2v) is 10.9. The van der Waals surface area contributed by atoms with Crippen LogP contribution in [0.4, 0.5) is 5.82 Å². The van der Waals surface area contributed by atoms with Gasteiger partial charge in [-0.25, -0.2) is 9.79 Å². The van der Waals surface area contributed by atoms with E-state index in [2.05, 4.69) is 40.3 Å². The summed E-state index contributed by atoms with van der Waals surface area (Å²) in [4.78, 5) is 18.9. The maximum atomic E-state index is 11.7. The predicted octanol–water partition coefficient (Wildman–Crippen LogP) is 5.86. The van der Waals surface area contributed by atoms with Gasteiger partial charge in [0.05, 0.1) is 12.6 Å². The summed E-state index contributed by atoms with van der Waals surface area (Å²) >= 11 is 0. The number of fused-ring (bicyclic) bond motifs is 1. The molecule has 1 heterocycles. The first kappa shape index (κ1) is 32.7. The molecule has 42 heavy (non-hydrogen) atoms. The molecule has 228 valence electrons. The molecule has 0 saturated carbocycles. The topological polar surface area (TPSA) is 172 Å². The number of aliphatic imine (C=N–C) groups is 1. The molecule has 8 N–H and O–H groups in total. The summed E-state index contributed by atoms with van der Waals surface area (Å²) in [5, 5.41) is 36.3. The van der Waals surface area contributed by atoms with Gasteiger partial charge in [0, 0.05) is 12.7 Å². The van der Waals surface area contributed by atoms with Crippen LogP contribution in [0.3, 0.4) is 0 Å². The molecule has 0 fully saturated rings. The second-order valence-electron chi connectivity index (χ2n) is 10.9. The third kappa shape index (κ3) is 11.6. The molecule has 3 atom stereocenters. The number of nitrogens with zero attached hydrogens (tertiary/aromatic N) is 2. The van der Waals surface area contributed by atoms with Crippen molar-refractivity contribution in [2.24, 2.45) is 16.5 Å². The number of H-pyrrole nitrogens is 1. The van der Waals surface area contributed by atoms with Crippen LogP contribution in [0.1, 0.15) is 75.7 Å². The molecule has 9 nitrogen and oxygen atoms in total. The number of aromatic amines is 1. The van der Waals surface area contributed by atoms with Gasteiger partial charge in [-0.2, -0.15) is 0 Å². The first-order valence-corrected chi connectivity index (χ1v) is 15.0. The molecule has 0 aliphatic rings. The Balaban J connectivity index is 1.76. The van der Waals surface area contributed by atoms with E-state index in [1.165, 1.54) is 16.3 Å². The quantitative estimate of drug-likeness (QED) is 0.0425. The number of hydrogen-bond acceptors (Lipinski definition) is 4. The van der Waals surface area contributed by atoms with Crippen LogP contribution in [0.5, 0.6) is 0 Å². The van der Waals surface area contributed by atoms with Crippen LogP contribution in [0.25, 0.3) is 16.1 Å². The fraction of sp³-hybridized carbons (Fsp3) is 0.455. The highest BCUT2D eigenvalue weighted by Gasteiger charge is 2.18. The van der Waals surface area contributed by atoms with Crippen LogP contribution in [0.15, 0.2) is 77.4 Å². The normalized spacial score (nSPS) is 13.9. The highest BCUT2D eigenvalue weighted by molar-refractivity contribution is 5.83. The van der Waals surface area contributed by atoms with Crippen molar-refractivity contribution >= 4 is 28.5 Å². The number of guanidine groups is 1. The molecular formula is C33H46N5O4-. The van der Waals surface area contributed by atoms with E-state index in [0.717, 1.165) is 63.9 Å². The third-order valence-electron chi connectivity index (χ3n) is 7.63. The van der Waals surface area contributed by atoms with E-state index in [1.807, 2.05) is 24.3 Å². The van der Waals surface area contributed by atoms with Gasteiger partial charge in [0.25, 0.3) is 0 Å².